The molecule has 0 bridgehead atoms. The van der Waals surface area contributed by atoms with Crippen molar-refractivity contribution >= 4 is 23.1 Å². The molecule has 2 aromatic carbocycles. The highest BCUT2D eigenvalue weighted by molar-refractivity contribution is 5.64. The number of anilines is 4. The lowest BCUT2D eigenvalue weighted by Crippen LogP contribution is -2.17. The van der Waals surface area contributed by atoms with Gasteiger partial charge in [0.1, 0.15) is 22.9 Å². The quantitative estimate of drug-likeness (QED) is 0.389. The summed E-state index contributed by atoms with van der Waals surface area (Å²) in [6.45, 7) is 6.41. The summed E-state index contributed by atoms with van der Waals surface area (Å²) in [6, 6.07) is 13.8. The summed E-state index contributed by atoms with van der Waals surface area (Å²) in [6.07, 6.45) is -2.93. The largest absolute Gasteiger partial charge is 0.494 e. The highest BCUT2D eigenvalue weighted by Gasteiger charge is 2.35. The maximum Gasteiger partial charge on any atom is 0.421 e. The lowest BCUT2D eigenvalue weighted by atomic mass is 10.2. The first-order chi connectivity index (χ1) is 15.7. The Morgan fingerprint density at radius 3 is 2.21 bits per heavy atom. The molecule has 0 amide bonds. The van der Waals surface area contributed by atoms with Crippen LogP contribution in [-0.4, -0.2) is 29.7 Å². The van der Waals surface area contributed by atoms with Crippen LogP contribution in [0.2, 0.25) is 0 Å². The fourth-order valence-corrected chi connectivity index (χ4v) is 2.96. The number of alkyl halides is 3. The fourth-order valence-electron chi connectivity index (χ4n) is 2.96. The van der Waals surface area contributed by atoms with E-state index in [-0.39, 0.29) is 17.9 Å². The molecule has 1 heterocycles. The van der Waals surface area contributed by atoms with E-state index in [2.05, 4.69) is 15.3 Å². The van der Waals surface area contributed by atoms with Crippen LogP contribution in [0.4, 0.5) is 36.3 Å². The summed E-state index contributed by atoms with van der Waals surface area (Å²) in [4.78, 5) is 9.72. The second-order valence-corrected chi connectivity index (χ2v) is 7.65. The molecule has 3 aromatic rings. The van der Waals surface area contributed by atoms with Gasteiger partial charge in [-0.2, -0.15) is 18.2 Å². The third-order valence-corrected chi connectivity index (χ3v) is 4.57. The zero-order valence-corrected chi connectivity index (χ0v) is 19.0. The number of benzene rings is 2. The van der Waals surface area contributed by atoms with Crippen LogP contribution in [-0.2, 0) is 6.18 Å². The number of nitrogens with zero attached hydrogens (tertiary/aromatic N) is 3. The molecule has 176 valence electrons. The highest BCUT2D eigenvalue weighted by atomic mass is 19.4. The molecule has 1 aromatic heterocycles. The highest BCUT2D eigenvalue weighted by Crippen LogP contribution is 2.36. The van der Waals surface area contributed by atoms with Gasteiger partial charge in [-0.15, -0.1) is 0 Å². The predicted molar refractivity (Wildman–Crippen MR) is 123 cm³/mol. The van der Waals surface area contributed by atoms with E-state index in [1.54, 1.807) is 60.5 Å². The third kappa shape index (κ3) is 6.50. The van der Waals surface area contributed by atoms with Crippen molar-refractivity contribution in [1.29, 1.82) is 0 Å². The number of halogens is 3. The Morgan fingerprint density at radius 2 is 1.64 bits per heavy atom. The summed E-state index contributed by atoms with van der Waals surface area (Å²) >= 11 is 0. The predicted octanol–water partition coefficient (Wildman–Crippen LogP) is 6.58. The van der Waals surface area contributed by atoms with Gasteiger partial charge in [0.15, 0.2) is 0 Å². The van der Waals surface area contributed by atoms with Gasteiger partial charge in [0.05, 0.1) is 12.7 Å². The zero-order valence-electron chi connectivity index (χ0n) is 19.0. The van der Waals surface area contributed by atoms with Crippen molar-refractivity contribution in [2.24, 2.45) is 0 Å². The number of nitrogens with one attached hydrogen (secondary N) is 1. The molecular weight excluding hydrogens is 433 g/mol. The Kier molecular flexibility index (Phi) is 7.63. The Morgan fingerprint density at radius 1 is 1.00 bits per heavy atom. The molecule has 6 nitrogen and oxygen atoms in total. The summed E-state index contributed by atoms with van der Waals surface area (Å²) < 4.78 is 51.9. The topological polar surface area (TPSA) is 59.5 Å². The van der Waals surface area contributed by atoms with Crippen molar-refractivity contribution in [3.8, 4) is 11.5 Å². The average Bonchev–Trinajstić information content (AvgIpc) is 2.77. The minimum absolute atomic E-state index is 0.0349. The number of hydrogen-bond donors (Lipinski definition) is 1. The van der Waals surface area contributed by atoms with E-state index < -0.39 is 11.7 Å². The van der Waals surface area contributed by atoms with Gasteiger partial charge in [0.2, 0.25) is 5.95 Å². The Labute approximate surface area is 191 Å². The normalized spacial score (nSPS) is 11.4. The number of rotatable bonds is 9. The van der Waals surface area contributed by atoms with Crippen molar-refractivity contribution < 1.29 is 22.6 Å². The zero-order chi connectivity index (χ0) is 24.0. The van der Waals surface area contributed by atoms with Gasteiger partial charge in [-0.25, -0.2) is 4.98 Å². The van der Waals surface area contributed by atoms with E-state index in [1.807, 2.05) is 20.8 Å². The van der Waals surface area contributed by atoms with Crippen molar-refractivity contribution in [3.63, 3.8) is 0 Å². The molecule has 0 saturated heterocycles. The van der Waals surface area contributed by atoms with Gasteiger partial charge in [0.25, 0.3) is 0 Å². The van der Waals surface area contributed by atoms with Crippen LogP contribution in [0.5, 0.6) is 11.5 Å². The maximum atomic E-state index is 13.6. The monoisotopic (exact) mass is 460 g/mol. The second-order valence-electron chi connectivity index (χ2n) is 7.65. The first-order valence-corrected chi connectivity index (χ1v) is 10.6. The Bertz CT molecular complexity index is 1040. The van der Waals surface area contributed by atoms with E-state index >= 15 is 0 Å². The number of aromatic nitrogens is 2. The first kappa shape index (κ1) is 24.2. The van der Waals surface area contributed by atoms with Crippen LogP contribution in [0.15, 0.2) is 54.7 Å². The second kappa shape index (κ2) is 10.4. The molecule has 0 aliphatic heterocycles. The van der Waals surface area contributed by atoms with Gasteiger partial charge in [-0.05, 0) is 68.8 Å². The molecule has 1 N–H and O–H groups in total. The van der Waals surface area contributed by atoms with Crippen molar-refractivity contribution in [2.45, 2.75) is 39.5 Å². The minimum Gasteiger partial charge on any atom is -0.494 e. The van der Waals surface area contributed by atoms with Crippen LogP contribution in [0.3, 0.4) is 0 Å². The van der Waals surface area contributed by atoms with E-state index in [0.717, 1.165) is 12.6 Å². The molecule has 0 spiro atoms. The van der Waals surface area contributed by atoms with Crippen LogP contribution in [0.25, 0.3) is 0 Å². The Hall–Kier alpha value is -3.49. The van der Waals surface area contributed by atoms with Gasteiger partial charge >= 0.3 is 6.18 Å². The summed E-state index contributed by atoms with van der Waals surface area (Å²) in [7, 11) is 1.69. The van der Waals surface area contributed by atoms with Crippen LogP contribution >= 0.6 is 0 Å². The fraction of sp³-hybridized carbons (Fsp3) is 0.333. The van der Waals surface area contributed by atoms with Gasteiger partial charge in [0, 0.05) is 24.6 Å². The average molecular weight is 461 g/mol. The first-order valence-electron chi connectivity index (χ1n) is 10.6. The third-order valence-electron chi connectivity index (χ3n) is 4.57. The van der Waals surface area contributed by atoms with Crippen LogP contribution in [0, 0.1) is 0 Å². The lowest BCUT2D eigenvalue weighted by Gasteiger charge is -2.20. The van der Waals surface area contributed by atoms with E-state index in [0.29, 0.717) is 29.5 Å². The Balaban J connectivity index is 1.86. The van der Waals surface area contributed by atoms with Gasteiger partial charge < -0.3 is 19.7 Å². The van der Waals surface area contributed by atoms with E-state index in [9.17, 15) is 13.2 Å². The van der Waals surface area contributed by atoms with Crippen LogP contribution < -0.4 is 19.7 Å². The molecular formula is C24H27F3N4O2. The van der Waals surface area contributed by atoms with Gasteiger partial charge in [-0.1, -0.05) is 6.92 Å². The molecule has 0 fully saturated rings. The van der Waals surface area contributed by atoms with Crippen LogP contribution in [0.1, 0.15) is 32.8 Å². The van der Waals surface area contributed by atoms with Crippen molar-refractivity contribution in [1.82, 2.24) is 9.97 Å². The molecule has 9 heteroatoms. The molecule has 3 rings (SSSR count). The molecule has 0 radical (unpaired) electrons. The standard InChI is InChI=1S/C24H27F3N4O2/c1-5-14-32-19-10-6-17(7-11-19)29-22-21(24(25,26)27)15-28-23(30-22)31(4)18-8-12-20(13-9-18)33-16(2)3/h6-13,15-16H,5,14H2,1-4H3,(H,28,29,30). The van der Waals surface area contributed by atoms with Crippen molar-refractivity contribution in [2.75, 3.05) is 23.9 Å². The van der Waals surface area contributed by atoms with E-state index in [4.69, 9.17) is 9.47 Å². The molecule has 0 aliphatic rings. The van der Waals surface area contributed by atoms with Gasteiger partial charge in [-0.3, -0.25) is 0 Å². The maximum absolute atomic E-state index is 13.6. The molecule has 0 saturated carbocycles. The molecule has 33 heavy (non-hydrogen) atoms. The number of ether oxygens (including phenoxy) is 2. The molecule has 0 unspecified atom stereocenters. The summed E-state index contributed by atoms with van der Waals surface area (Å²) in [5, 5.41) is 2.77. The molecule has 0 aliphatic carbocycles. The smallest absolute Gasteiger partial charge is 0.421 e. The van der Waals surface area contributed by atoms with E-state index in [1.165, 1.54) is 0 Å². The SMILES string of the molecule is CCCOc1ccc(Nc2nc(N(C)c3ccc(OC(C)C)cc3)ncc2C(F)(F)F)cc1. The lowest BCUT2D eigenvalue weighted by molar-refractivity contribution is -0.137. The number of hydrogen-bond acceptors (Lipinski definition) is 6. The summed E-state index contributed by atoms with van der Waals surface area (Å²) in [5.74, 6) is 1.13. The molecule has 0 atom stereocenters. The van der Waals surface area contributed by atoms with Crippen molar-refractivity contribution in [3.05, 3.63) is 60.3 Å². The summed E-state index contributed by atoms with van der Waals surface area (Å²) in [5.41, 5.74) is 0.202. The minimum atomic E-state index is -4.61.